The van der Waals surface area contributed by atoms with E-state index in [4.69, 9.17) is 22.1 Å². The lowest BCUT2D eigenvalue weighted by molar-refractivity contribution is 0.100. The van der Waals surface area contributed by atoms with Crippen LogP contribution >= 0.6 is 11.6 Å². The number of primary amides is 1. The Morgan fingerprint density at radius 3 is 2.69 bits per heavy atom. The molecular formula is C21H16ClN5O2. The van der Waals surface area contributed by atoms with Crippen molar-refractivity contribution in [2.75, 3.05) is 0 Å². The highest BCUT2D eigenvalue weighted by atomic mass is 35.5. The first kappa shape index (κ1) is 18.6. The van der Waals surface area contributed by atoms with Crippen LogP contribution in [0.25, 0.3) is 11.3 Å². The Hall–Kier alpha value is -3.71. The lowest BCUT2D eigenvalue weighted by Gasteiger charge is -2.10. The standard InChI is InChI=1S/C21H16ClN5O2/c22-20-19(17-8-10-27(26-17)13-14-5-4-9-24-12-14)16(21(23)28)11-18(25-20)29-15-6-2-1-3-7-15/h1-12H,13H2,(H2,23,28). The molecule has 144 valence electrons. The van der Waals surface area contributed by atoms with Crippen LogP contribution in [0.3, 0.4) is 0 Å². The van der Waals surface area contributed by atoms with E-state index in [0.717, 1.165) is 5.56 Å². The van der Waals surface area contributed by atoms with Gasteiger partial charge < -0.3 is 10.5 Å². The van der Waals surface area contributed by atoms with E-state index in [1.807, 2.05) is 30.3 Å². The first-order chi connectivity index (χ1) is 14.1. The summed E-state index contributed by atoms with van der Waals surface area (Å²) in [5, 5.41) is 4.59. The van der Waals surface area contributed by atoms with Crippen molar-refractivity contribution in [1.29, 1.82) is 0 Å². The molecule has 3 heterocycles. The van der Waals surface area contributed by atoms with Crippen molar-refractivity contribution in [3.63, 3.8) is 0 Å². The molecule has 0 fully saturated rings. The number of hydrogen-bond acceptors (Lipinski definition) is 5. The highest BCUT2D eigenvalue weighted by Crippen LogP contribution is 2.33. The Bertz CT molecular complexity index is 1150. The second kappa shape index (κ2) is 8.12. The Labute approximate surface area is 171 Å². The molecule has 0 bridgehead atoms. The van der Waals surface area contributed by atoms with Gasteiger partial charge in [-0.3, -0.25) is 14.5 Å². The summed E-state index contributed by atoms with van der Waals surface area (Å²) >= 11 is 6.39. The van der Waals surface area contributed by atoms with Gasteiger partial charge in [-0.15, -0.1) is 0 Å². The van der Waals surface area contributed by atoms with Gasteiger partial charge in [0.2, 0.25) is 11.8 Å². The van der Waals surface area contributed by atoms with Gasteiger partial charge in [-0.2, -0.15) is 5.10 Å². The number of carbonyl (C=O) groups is 1. The average Bonchev–Trinajstić information content (AvgIpc) is 3.17. The minimum atomic E-state index is -0.649. The molecule has 29 heavy (non-hydrogen) atoms. The molecule has 1 aromatic carbocycles. The van der Waals surface area contributed by atoms with Crippen molar-refractivity contribution < 1.29 is 9.53 Å². The molecule has 3 aromatic heterocycles. The molecule has 1 amide bonds. The first-order valence-corrected chi connectivity index (χ1v) is 9.14. The molecule has 7 nitrogen and oxygen atoms in total. The summed E-state index contributed by atoms with van der Waals surface area (Å²) in [6.45, 7) is 0.528. The third kappa shape index (κ3) is 4.25. The molecule has 0 spiro atoms. The summed E-state index contributed by atoms with van der Waals surface area (Å²) in [7, 11) is 0. The topological polar surface area (TPSA) is 95.9 Å². The van der Waals surface area contributed by atoms with Crippen molar-refractivity contribution in [2.24, 2.45) is 5.73 Å². The van der Waals surface area contributed by atoms with Crippen molar-refractivity contribution in [3.8, 4) is 22.9 Å². The van der Waals surface area contributed by atoms with Crippen molar-refractivity contribution >= 4 is 17.5 Å². The molecule has 0 radical (unpaired) electrons. The zero-order chi connectivity index (χ0) is 20.2. The lowest BCUT2D eigenvalue weighted by atomic mass is 10.1. The highest BCUT2D eigenvalue weighted by Gasteiger charge is 2.20. The Kier molecular flexibility index (Phi) is 5.22. The Morgan fingerprint density at radius 2 is 1.97 bits per heavy atom. The van der Waals surface area contributed by atoms with Crippen LogP contribution in [0.4, 0.5) is 0 Å². The third-order valence-electron chi connectivity index (χ3n) is 4.15. The van der Waals surface area contributed by atoms with Crippen LogP contribution in [0.2, 0.25) is 5.15 Å². The number of amides is 1. The molecule has 4 rings (SSSR count). The Morgan fingerprint density at radius 1 is 1.14 bits per heavy atom. The zero-order valence-corrected chi connectivity index (χ0v) is 16.0. The van der Waals surface area contributed by atoms with E-state index in [9.17, 15) is 4.79 Å². The fourth-order valence-corrected chi connectivity index (χ4v) is 3.13. The summed E-state index contributed by atoms with van der Waals surface area (Å²) in [4.78, 5) is 20.4. The number of nitrogens with two attached hydrogens (primary N) is 1. The number of rotatable bonds is 6. The summed E-state index contributed by atoms with van der Waals surface area (Å²) in [6.07, 6.45) is 5.26. The van der Waals surface area contributed by atoms with Crippen LogP contribution in [0.1, 0.15) is 15.9 Å². The second-order valence-corrected chi connectivity index (χ2v) is 6.57. The normalized spacial score (nSPS) is 10.7. The van der Waals surface area contributed by atoms with Gasteiger partial charge in [0, 0.05) is 24.7 Å². The van der Waals surface area contributed by atoms with E-state index >= 15 is 0 Å². The predicted molar refractivity (Wildman–Crippen MR) is 109 cm³/mol. The quantitative estimate of drug-likeness (QED) is 0.490. The van der Waals surface area contributed by atoms with E-state index in [1.54, 1.807) is 41.5 Å². The van der Waals surface area contributed by atoms with Gasteiger partial charge in [-0.05, 0) is 29.8 Å². The van der Waals surface area contributed by atoms with Crippen molar-refractivity contribution in [1.82, 2.24) is 19.7 Å². The van der Waals surface area contributed by atoms with Gasteiger partial charge in [0.05, 0.1) is 23.4 Å². The molecule has 0 unspecified atom stereocenters. The SMILES string of the molecule is NC(=O)c1cc(Oc2ccccc2)nc(Cl)c1-c1ccn(Cc2cccnc2)n1. The first-order valence-electron chi connectivity index (χ1n) is 8.76. The zero-order valence-electron chi connectivity index (χ0n) is 15.2. The number of halogens is 1. The van der Waals surface area contributed by atoms with E-state index < -0.39 is 5.91 Å². The monoisotopic (exact) mass is 405 g/mol. The number of carbonyl (C=O) groups excluding carboxylic acids is 1. The molecular weight excluding hydrogens is 390 g/mol. The summed E-state index contributed by atoms with van der Waals surface area (Å²) in [5.74, 6) is 0.0950. The number of para-hydroxylation sites is 1. The lowest BCUT2D eigenvalue weighted by Crippen LogP contribution is -2.14. The van der Waals surface area contributed by atoms with Gasteiger partial charge in [-0.1, -0.05) is 35.9 Å². The molecule has 0 atom stereocenters. The molecule has 0 aliphatic rings. The number of nitrogens with zero attached hydrogens (tertiary/aromatic N) is 4. The largest absolute Gasteiger partial charge is 0.439 e. The van der Waals surface area contributed by atoms with Crippen LogP contribution in [-0.2, 0) is 6.54 Å². The molecule has 0 saturated heterocycles. The number of hydrogen-bond donors (Lipinski definition) is 1. The van der Waals surface area contributed by atoms with Gasteiger partial charge in [0.25, 0.3) is 0 Å². The minimum Gasteiger partial charge on any atom is -0.439 e. The van der Waals surface area contributed by atoms with E-state index in [1.165, 1.54) is 6.07 Å². The fraction of sp³-hybridized carbons (Fsp3) is 0.0476. The average molecular weight is 406 g/mol. The molecule has 0 saturated carbocycles. The summed E-state index contributed by atoms with van der Waals surface area (Å²) in [6, 6.07) is 16.1. The van der Waals surface area contributed by atoms with E-state index in [-0.39, 0.29) is 16.6 Å². The fourth-order valence-electron chi connectivity index (χ4n) is 2.85. The summed E-state index contributed by atoms with van der Waals surface area (Å²) < 4.78 is 7.41. The van der Waals surface area contributed by atoms with Crippen LogP contribution in [0, 0.1) is 0 Å². The van der Waals surface area contributed by atoms with Gasteiger partial charge in [0.15, 0.2) is 0 Å². The smallest absolute Gasteiger partial charge is 0.249 e. The van der Waals surface area contributed by atoms with Crippen molar-refractivity contribution in [3.05, 3.63) is 89.5 Å². The number of aromatic nitrogens is 4. The maximum absolute atomic E-state index is 12.1. The number of benzene rings is 1. The van der Waals surface area contributed by atoms with Crippen molar-refractivity contribution in [2.45, 2.75) is 6.54 Å². The van der Waals surface area contributed by atoms with Gasteiger partial charge in [0.1, 0.15) is 10.9 Å². The number of ether oxygens (including phenoxy) is 1. The van der Waals surface area contributed by atoms with Crippen LogP contribution in [0.15, 0.2) is 73.2 Å². The molecule has 4 aromatic rings. The number of pyridine rings is 2. The maximum Gasteiger partial charge on any atom is 0.249 e. The van der Waals surface area contributed by atoms with Gasteiger partial charge >= 0.3 is 0 Å². The molecule has 8 heteroatoms. The molecule has 0 aliphatic heterocycles. The third-order valence-corrected chi connectivity index (χ3v) is 4.42. The highest BCUT2D eigenvalue weighted by molar-refractivity contribution is 6.33. The Balaban J connectivity index is 1.67. The van der Waals surface area contributed by atoms with Crippen LogP contribution in [-0.4, -0.2) is 25.7 Å². The molecule has 2 N–H and O–H groups in total. The van der Waals surface area contributed by atoms with Crippen LogP contribution in [0.5, 0.6) is 11.6 Å². The van der Waals surface area contributed by atoms with E-state index in [2.05, 4.69) is 15.1 Å². The van der Waals surface area contributed by atoms with Gasteiger partial charge in [-0.25, -0.2) is 4.98 Å². The van der Waals surface area contributed by atoms with Crippen LogP contribution < -0.4 is 10.5 Å². The predicted octanol–water partition coefficient (Wildman–Crippen LogP) is 3.93. The second-order valence-electron chi connectivity index (χ2n) is 6.21. The summed E-state index contributed by atoms with van der Waals surface area (Å²) in [5.41, 5.74) is 7.62. The minimum absolute atomic E-state index is 0.0823. The van der Waals surface area contributed by atoms with E-state index in [0.29, 0.717) is 23.6 Å². The maximum atomic E-state index is 12.1. The molecule has 0 aliphatic carbocycles.